The molecule has 5 heteroatoms. The molecule has 0 amide bonds. The summed E-state index contributed by atoms with van der Waals surface area (Å²) >= 11 is 0. The van der Waals surface area contributed by atoms with Crippen LogP contribution in [-0.4, -0.2) is 26.3 Å². The number of nitrogens with zero attached hydrogens (tertiary/aromatic N) is 4. The Kier molecular flexibility index (Phi) is 5.72. The van der Waals surface area contributed by atoms with E-state index in [9.17, 15) is 0 Å². The highest BCUT2D eigenvalue weighted by molar-refractivity contribution is 5.55. The van der Waals surface area contributed by atoms with Crippen LogP contribution in [0.25, 0.3) is 11.4 Å². The molecule has 0 fully saturated rings. The lowest BCUT2D eigenvalue weighted by molar-refractivity contribution is 0.603. The highest BCUT2D eigenvalue weighted by Crippen LogP contribution is 2.18. The monoisotopic (exact) mass is 287 g/mol. The molecule has 0 saturated heterocycles. The van der Waals surface area contributed by atoms with Gasteiger partial charge >= 0.3 is 0 Å². The summed E-state index contributed by atoms with van der Waals surface area (Å²) < 4.78 is 1.95. The summed E-state index contributed by atoms with van der Waals surface area (Å²) in [6.07, 6.45) is 8.08. The lowest BCUT2D eigenvalue weighted by Crippen LogP contribution is -2.05. The van der Waals surface area contributed by atoms with Gasteiger partial charge < -0.3 is 5.32 Å². The van der Waals surface area contributed by atoms with Crippen LogP contribution in [0.3, 0.4) is 0 Å². The van der Waals surface area contributed by atoms with Gasteiger partial charge in [0.05, 0.1) is 11.8 Å². The van der Waals surface area contributed by atoms with Gasteiger partial charge in [-0.25, -0.2) is 9.97 Å². The van der Waals surface area contributed by atoms with Crippen molar-refractivity contribution in [2.75, 3.05) is 11.9 Å². The summed E-state index contributed by atoms with van der Waals surface area (Å²) in [5.74, 6) is 1.68. The third-order valence-electron chi connectivity index (χ3n) is 3.19. The molecule has 0 aliphatic heterocycles. The average molecular weight is 287 g/mol. The van der Waals surface area contributed by atoms with Crippen LogP contribution in [0.4, 0.5) is 5.82 Å². The van der Waals surface area contributed by atoms with Gasteiger partial charge in [-0.1, -0.05) is 27.2 Å². The molecule has 0 radical (unpaired) electrons. The zero-order valence-corrected chi connectivity index (χ0v) is 13.3. The molecule has 5 nitrogen and oxygen atoms in total. The van der Waals surface area contributed by atoms with Crippen molar-refractivity contribution in [3.05, 3.63) is 24.2 Å². The number of aromatic nitrogens is 4. The van der Waals surface area contributed by atoms with Crippen LogP contribution in [0.1, 0.15) is 45.7 Å². The van der Waals surface area contributed by atoms with Gasteiger partial charge in [0.25, 0.3) is 0 Å². The minimum Gasteiger partial charge on any atom is -0.370 e. The molecule has 0 spiro atoms. The van der Waals surface area contributed by atoms with E-state index in [0.717, 1.165) is 61.7 Å². The topological polar surface area (TPSA) is 55.6 Å². The van der Waals surface area contributed by atoms with Gasteiger partial charge in [-0.3, -0.25) is 4.68 Å². The summed E-state index contributed by atoms with van der Waals surface area (Å²) in [5.41, 5.74) is 2.07. The summed E-state index contributed by atoms with van der Waals surface area (Å²) in [5, 5.41) is 7.72. The fourth-order valence-electron chi connectivity index (χ4n) is 2.18. The van der Waals surface area contributed by atoms with Crippen molar-refractivity contribution in [2.24, 2.45) is 0 Å². The fourth-order valence-corrected chi connectivity index (χ4v) is 2.18. The van der Waals surface area contributed by atoms with Crippen molar-refractivity contribution in [1.82, 2.24) is 19.7 Å². The zero-order valence-electron chi connectivity index (χ0n) is 13.3. The van der Waals surface area contributed by atoms with Crippen LogP contribution in [0, 0.1) is 0 Å². The van der Waals surface area contributed by atoms with Gasteiger partial charge in [0.2, 0.25) is 0 Å². The summed E-state index contributed by atoms with van der Waals surface area (Å²) in [4.78, 5) is 9.29. The van der Waals surface area contributed by atoms with Crippen LogP contribution in [0.2, 0.25) is 0 Å². The maximum absolute atomic E-state index is 4.67. The molecular weight excluding hydrogens is 262 g/mol. The SMILES string of the molecule is CCCNc1cc(CCC)nc(-c2cnn(CCC)c2)n1. The molecule has 21 heavy (non-hydrogen) atoms. The molecule has 1 N–H and O–H groups in total. The number of rotatable bonds is 8. The molecule has 0 aliphatic carbocycles. The van der Waals surface area contributed by atoms with Crippen LogP contribution < -0.4 is 5.32 Å². The highest BCUT2D eigenvalue weighted by atomic mass is 15.3. The van der Waals surface area contributed by atoms with E-state index >= 15 is 0 Å². The molecule has 2 aromatic rings. The lowest BCUT2D eigenvalue weighted by Gasteiger charge is -2.08. The van der Waals surface area contributed by atoms with E-state index in [1.807, 2.05) is 17.1 Å². The van der Waals surface area contributed by atoms with E-state index < -0.39 is 0 Å². The van der Waals surface area contributed by atoms with E-state index in [-0.39, 0.29) is 0 Å². The first-order chi connectivity index (χ1) is 10.3. The predicted molar refractivity (Wildman–Crippen MR) is 86.3 cm³/mol. The average Bonchev–Trinajstić information content (AvgIpc) is 2.94. The van der Waals surface area contributed by atoms with Gasteiger partial charge in [0.1, 0.15) is 5.82 Å². The molecule has 114 valence electrons. The van der Waals surface area contributed by atoms with Crippen molar-refractivity contribution in [3.63, 3.8) is 0 Å². The largest absolute Gasteiger partial charge is 0.370 e. The molecule has 0 aromatic carbocycles. The first-order valence-electron chi connectivity index (χ1n) is 7.91. The molecule has 2 rings (SSSR count). The van der Waals surface area contributed by atoms with Gasteiger partial charge in [-0.05, 0) is 19.3 Å². The van der Waals surface area contributed by atoms with E-state index in [0.29, 0.717) is 0 Å². The Labute approximate surface area is 126 Å². The number of nitrogens with one attached hydrogen (secondary N) is 1. The molecule has 2 aromatic heterocycles. The van der Waals surface area contributed by atoms with Crippen molar-refractivity contribution in [1.29, 1.82) is 0 Å². The molecule has 0 unspecified atom stereocenters. The Bertz CT molecular complexity index is 562. The Morgan fingerprint density at radius 1 is 1.10 bits per heavy atom. The van der Waals surface area contributed by atoms with Gasteiger partial charge in [0, 0.05) is 31.0 Å². The standard InChI is InChI=1S/C16H25N5/c1-4-7-14-10-15(17-8-5-2)20-16(19-14)13-11-18-21(12-13)9-6-3/h10-12H,4-9H2,1-3H3,(H,17,19,20). The zero-order chi connectivity index (χ0) is 15.1. The third kappa shape index (κ3) is 4.28. The van der Waals surface area contributed by atoms with E-state index in [4.69, 9.17) is 0 Å². The van der Waals surface area contributed by atoms with Crippen LogP contribution in [-0.2, 0) is 13.0 Å². The second kappa shape index (κ2) is 7.76. The number of aryl methyl sites for hydroxylation is 2. The number of hydrogen-bond acceptors (Lipinski definition) is 4. The summed E-state index contributed by atoms with van der Waals surface area (Å²) in [7, 11) is 0. The van der Waals surface area contributed by atoms with Crippen LogP contribution in [0.15, 0.2) is 18.5 Å². The molecular formula is C16H25N5. The van der Waals surface area contributed by atoms with Gasteiger partial charge in [0.15, 0.2) is 5.82 Å². The Morgan fingerprint density at radius 2 is 1.95 bits per heavy atom. The van der Waals surface area contributed by atoms with E-state index in [2.05, 4.69) is 47.2 Å². The normalized spacial score (nSPS) is 10.8. The second-order valence-corrected chi connectivity index (χ2v) is 5.24. The Morgan fingerprint density at radius 3 is 2.67 bits per heavy atom. The van der Waals surface area contributed by atoms with Crippen molar-refractivity contribution in [2.45, 2.75) is 53.0 Å². The smallest absolute Gasteiger partial charge is 0.164 e. The first kappa shape index (κ1) is 15.5. The minimum atomic E-state index is 0.766. The second-order valence-electron chi connectivity index (χ2n) is 5.24. The predicted octanol–water partition coefficient (Wildman–Crippen LogP) is 3.52. The Balaban J connectivity index is 2.28. The van der Waals surface area contributed by atoms with Gasteiger partial charge in [-0.15, -0.1) is 0 Å². The number of hydrogen-bond donors (Lipinski definition) is 1. The first-order valence-corrected chi connectivity index (χ1v) is 7.91. The van der Waals surface area contributed by atoms with Crippen molar-refractivity contribution >= 4 is 5.82 Å². The third-order valence-corrected chi connectivity index (χ3v) is 3.19. The van der Waals surface area contributed by atoms with E-state index in [1.165, 1.54) is 0 Å². The van der Waals surface area contributed by atoms with Crippen LogP contribution in [0.5, 0.6) is 0 Å². The highest BCUT2D eigenvalue weighted by Gasteiger charge is 2.09. The summed E-state index contributed by atoms with van der Waals surface area (Å²) in [6.45, 7) is 8.32. The minimum absolute atomic E-state index is 0.766. The van der Waals surface area contributed by atoms with Crippen molar-refractivity contribution in [3.8, 4) is 11.4 Å². The van der Waals surface area contributed by atoms with Gasteiger partial charge in [-0.2, -0.15) is 5.10 Å². The van der Waals surface area contributed by atoms with E-state index in [1.54, 1.807) is 0 Å². The maximum Gasteiger partial charge on any atom is 0.164 e. The molecule has 0 bridgehead atoms. The molecule has 2 heterocycles. The quantitative estimate of drug-likeness (QED) is 0.807. The summed E-state index contributed by atoms with van der Waals surface area (Å²) in [6, 6.07) is 2.05. The van der Waals surface area contributed by atoms with Crippen LogP contribution >= 0.6 is 0 Å². The lowest BCUT2D eigenvalue weighted by atomic mass is 10.2. The number of anilines is 1. The molecule has 0 atom stereocenters. The maximum atomic E-state index is 4.67. The Hall–Kier alpha value is -1.91. The van der Waals surface area contributed by atoms with Crippen molar-refractivity contribution < 1.29 is 0 Å². The molecule has 0 saturated carbocycles. The fraction of sp³-hybridized carbons (Fsp3) is 0.562. The molecule has 0 aliphatic rings.